The Kier molecular flexibility index (Phi) is 3.17. The average molecular weight is 338 g/mol. The SMILES string of the molecule is COC(=O)c1c(C)nn2c1ncc1c(=O)n(-c3cc(C)[nH]n3)ccc12. The lowest BCUT2D eigenvalue weighted by atomic mass is 10.2. The fourth-order valence-corrected chi connectivity index (χ4v) is 2.82. The number of carbonyl (C=O) groups excluding carboxylic acids is 1. The molecule has 0 amide bonds. The van der Waals surface area contributed by atoms with E-state index in [0.29, 0.717) is 28.1 Å². The van der Waals surface area contributed by atoms with Crippen LogP contribution in [0.4, 0.5) is 0 Å². The van der Waals surface area contributed by atoms with Gasteiger partial charge < -0.3 is 4.74 Å². The monoisotopic (exact) mass is 338 g/mol. The molecule has 4 aromatic rings. The van der Waals surface area contributed by atoms with Crippen LogP contribution in [0.25, 0.3) is 22.4 Å². The van der Waals surface area contributed by atoms with Gasteiger partial charge in [-0.05, 0) is 19.9 Å². The molecule has 0 aliphatic heterocycles. The minimum atomic E-state index is -0.514. The molecule has 0 fully saturated rings. The van der Waals surface area contributed by atoms with Crippen molar-refractivity contribution in [3.63, 3.8) is 0 Å². The zero-order valence-electron chi connectivity index (χ0n) is 13.8. The summed E-state index contributed by atoms with van der Waals surface area (Å²) in [5.41, 5.74) is 2.25. The Hall–Kier alpha value is -3.49. The fraction of sp³-hybridized carbons (Fsp3) is 0.188. The Morgan fingerprint density at radius 1 is 1.32 bits per heavy atom. The van der Waals surface area contributed by atoms with Gasteiger partial charge in [-0.15, -0.1) is 0 Å². The van der Waals surface area contributed by atoms with Gasteiger partial charge in [-0.1, -0.05) is 0 Å². The summed E-state index contributed by atoms with van der Waals surface area (Å²) in [6.45, 7) is 3.55. The van der Waals surface area contributed by atoms with Gasteiger partial charge in [-0.2, -0.15) is 10.2 Å². The number of rotatable bonds is 2. The van der Waals surface area contributed by atoms with E-state index >= 15 is 0 Å². The summed E-state index contributed by atoms with van der Waals surface area (Å²) < 4.78 is 7.70. The molecule has 25 heavy (non-hydrogen) atoms. The second-order valence-corrected chi connectivity index (χ2v) is 5.64. The molecule has 0 unspecified atom stereocenters. The molecule has 126 valence electrons. The van der Waals surface area contributed by atoms with Crippen molar-refractivity contribution >= 4 is 22.5 Å². The van der Waals surface area contributed by atoms with Crippen LogP contribution < -0.4 is 5.56 Å². The lowest BCUT2D eigenvalue weighted by Crippen LogP contribution is -2.19. The number of aromatic amines is 1. The van der Waals surface area contributed by atoms with Gasteiger partial charge in [0.05, 0.1) is 23.7 Å². The van der Waals surface area contributed by atoms with E-state index in [1.807, 2.05) is 6.92 Å². The Labute approximate surface area is 140 Å². The standard InChI is InChI=1S/C16H14N6O3/c1-8-6-12(19-18-8)21-5-4-11-10(15(21)23)7-17-14-13(16(24)25-3)9(2)20-22(11)14/h4-7H,1-3H3,(H,18,19). The first kappa shape index (κ1) is 15.1. The molecule has 0 radical (unpaired) electrons. The van der Waals surface area contributed by atoms with Crippen LogP contribution in [-0.2, 0) is 4.74 Å². The number of aromatic nitrogens is 6. The van der Waals surface area contributed by atoms with Crippen LogP contribution in [0, 0.1) is 13.8 Å². The van der Waals surface area contributed by atoms with Crippen LogP contribution >= 0.6 is 0 Å². The molecule has 4 heterocycles. The zero-order chi connectivity index (χ0) is 17.7. The van der Waals surface area contributed by atoms with E-state index in [1.165, 1.54) is 22.4 Å². The first-order valence-corrected chi connectivity index (χ1v) is 7.51. The van der Waals surface area contributed by atoms with Crippen molar-refractivity contribution in [2.24, 2.45) is 0 Å². The van der Waals surface area contributed by atoms with E-state index in [2.05, 4.69) is 20.3 Å². The van der Waals surface area contributed by atoms with Crippen LogP contribution in [0.2, 0.25) is 0 Å². The molecular formula is C16H14N6O3. The lowest BCUT2D eigenvalue weighted by molar-refractivity contribution is 0.0602. The van der Waals surface area contributed by atoms with Gasteiger partial charge in [0.15, 0.2) is 11.5 Å². The molecule has 4 rings (SSSR count). The smallest absolute Gasteiger partial charge is 0.343 e. The van der Waals surface area contributed by atoms with Crippen LogP contribution in [0.15, 0.2) is 29.3 Å². The zero-order valence-corrected chi connectivity index (χ0v) is 13.8. The topological polar surface area (TPSA) is 107 Å². The van der Waals surface area contributed by atoms with Crippen molar-refractivity contribution in [1.29, 1.82) is 0 Å². The van der Waals surface area contributed by atoms with Crippen molar-refractivity contribution in [2.75, 3.05) is 7.11 Å². The average Bonchev–Trinajstić information content (AvgIpc) is 3.17. The van der Waals surface area contributed by atoms with E-state index in [1.54, 1.807) is 25.3 Å². The van der Waals surface area contributed by atoms with Gasteiger partial charge in [-0.3, -0.25) is 14.5 Å². The second kappa shape index (κ2) is 5.26. The summed E-state index contributed by atoms with van der Waals surface area (Å²) in [7, 11) is 1.30. The Morgan fingerprint density at radius 3 is 2.80 bits per heavy atom. The van der Waals surface area contributed by atoms with Crippen LogP contribution in [0.1, 0.15) is 21.7 Å². The molecule has 0 bridgehead atoms. The molecule has 0 aliphatic carbocycles. The largest absolute Gasteiger partial charge is 0.465 e. The number of ether oxygens (including phenoxy) is 1. The highest BCUT2D eigenvalue weighted by atomic mass is 16.5. The van der Waals surface area contributed by atoms with Crippen molar-refractivity contribution in [2.45, 2.75) is 13.8 Å². The van der Waals surface area contributed by atoms with Crippen LogP contribution in [0.3, 0.4) is 0 Å². The summed E-state index contributed by atoms with van der Waals surface area (Å²) in [5, 5.41) is 11.6. The quantitative estimate of drug-likeness (QED) is 0.550. The number of hydrogen-bond acceptors (Lipinski definition) is 6. The van der Waals surface area contributed by atoms with Crippen LogP contribution in [0.5, 0.6) is 0 Å². The van der Waals surface area contributed by atoms with Crippen molar-refractivity contribution in [3.8, 4) is 5.82 Å². The fourth-order valence-electron chi connectivity index (χ4n) is 2.82. The van der Waals surface area contributed by atoms with E-state index < -0.39 is 5.97 Å². The molecule has 1 N–H and O–H groups in total. The third kappa shape index (κ3) is 2.12. The van der Waals surface area contributed by atoms with E-state index in [-0.39, 0.29) is 11.1 Å². The van der Waals surface area contributed by atoms with Gasteiger partial charge >= 0.3 is 5.97 Å². The number of esters is 1. The first-order chi connectivity index (χ1) is 12.0. The van der Waals surface area contributed by atoms with Gasteiger partial charge in [0, 0.05) is 24.2 Å². The van der Waals surface area contributed by atoms with Crippen molar-refractivity contribution in [1.82, 2.24) is 29.4 Å². The number of nitrogens with zero attached hydrogens (tertiary/aromatic N) is 5. The number of pyridine rings is 1. The van der Waals surface area contributed by atoms with Crippen molar-refractivity contribution < 1.29 is 9.53 Å². The maximum Gasteiger partial charge on any atom is 0.343 e. The summed E-state index contributed by atoms with van der Waals surface area (Å²) >= 11 is 0. The van der Waals surface area contributed by atoms with Gasteiger partial charge in [0.2, 0.25) is 0 Å². The Balaban J connectivity index is 2.03. The molecule has 0 saturated carbocycles. The predicted molar refractivity (Wildman–Crippen MR) is 89.0 cm³/mol. The molecular weight excluding hydrogens is 324 g/mol. The highest BCUT2D eigenvalue weighted by Crippen LogP contribution is 2.19. The summed E-state index contributed by atoms with van der Waals surface area (Å²) in [6.07, 6.45) is 3.06. The lowest BCUT2D eigenvalue weighted by Gasteiger charge is -2.05. The Bertz CT molecular complexity index is 1200. The molecule has 9 heteroatoms. The summed E-state index contributed by atoms with van der Waals surface area (Å²) in [5.74, 6) is -0.0175. The maximum absolute atomic E-state index is 12.8. The number of fused-ring (bicyclic) bond motifs is 3. The Morgan fingerprint density at radius 2 is 2.12 bits per heavy atom. The molecule has 9 nitrogen and oxygen atoms in total. The van der Waals surface area contributed by atoms with E-state index in [0.717, 1.165) is 5.69 Å². The number of H-pyrrole nitrogens is 1. The number of nitrogens with one attached hydrogen (secondary N) is 1. The summed E-state index contributed by atoms with van der Waals surface area (Å²) in [4.78, 5) is 29.0. The highest BCUT2D eigenvalue weighted by Gasteiger charge is 2.21. The minimum Gasteiger partial charge on any atom is -0.465 e. The van der Waals surface area contributed by atoms with Crippen molar-refractivity contribution in [3.05, 3.63) is 51.8 Å². The maximum atomic E-state index is 12.8. The minimum absolute atomic E-state index is 0.272. The number of methoxy groups -OCH3 is 1. The number of carbonyl (C=O) groups is 1. The van der Waals surface area contributed by atoms with E-state index in [4.69, 9.17) is 4.74 Å². The third-order valence-electron chi connectivity index (χ3n) is 4.02. The molecule has 0 saturated heterocycles. The number of hydrogen-bond donors (Lipinski definition) is 1. The van der Waals surface area contributed by atoms with Gasteiger partial charge in [0.25, 0.3) is 5.56 Å². The van der Waals surface area contributed by atoms with E-state index in [9.17, 15) is 9.59 Å². The second-order valence-electron chi connectivity index (χ2n) is 5.64. The predicted octanol–water partition coefficient (Wildman–Crippen LogP) is 1.16. The highest BCUT2D eigenvalue weighted by molar-refractivity contribution is 5.98. The first-order valence-electron chi connectivity index (χ1n) is 7.51. The molecule has 4 aromatic heterocycles. The third-order valence-corrected chi connectivity index (χ3v) is 4.02. The molecule has 0 aromatic carbocycles. The molecule has 0 spiro atoms. The van der Waals surface area contributed by atoms with Crippen LogP contribution in [-0.4, -0.2) is 42.4 Å². The summed E-state index contributed by atoms with van der Waals surface area (Å²) in [6, 6.07) is 3.51. The molecule has 0 atom stereocenters. The number of aryl methyl sites for hydroxylation is 2. The molecule has 0 aliphatic rings. The van der Waals surface area contributed by atoms with Gasteiger partial charge in [0.1, 0.15) is 5.56 Å². The van der Waals surface area contributed by atoms with Gasteiger partial charge in [-0.25, -0.2) is 14.3 Å². The normalized spacial score (nSPS) is 11.3.